The minimum absolute atomic E-state index is 0.0112. The number of amides is 3. The number of benzene rings is 3. The van der Waals surface area contributed by atoms with E-state index >= 15 is 4.79 Å². The number of anilines is 3. The number of aliphatic hydroxyl groups excluding tert-OH is 1. The van der Waals surface area contributed by atoms with E-state index in [1.54, 1.807) is 11.8 Å². The lowest BCUT2D eigenvalue weighted by atomic mass is 9.82. The van der Waals surface area contributed by atoms with E-state index in [-0.39, 0.29) is 60.5 Å². The predicted octanol–water partition coefficient (Wildman–Crippen LogP) is 4.06. The molecule has 312 valence electrons. The van der Waals surface area contributed by atoms with Crippen LogP contribution < -0.4 is 36.1 Å². The van der Waals surface area contributed by atoms with E-state index in [1.165, 1.54) is 5.19 Å². The number of methoxy groups -OCH3 is 1. The van der Waals surface area contributed by atoms with Gasteiger partial charge in [-0.1, -0.05) is 54.7 Å². The first kappa shape index (κ1) is 40.8. The van der Waals surface area contributed by atoms with E-state index in [2.05, 4.69) is 63.7 Å². The summed E-state index contributed by atoms with van der Waals surface area (Å²) in [5, 5.41) is 32.1. The number of hydrogen-bond donors (Lipinski definition) is 5. The Morgan fingerprint density at radius 3 is 2.32 bits per heavy atom. The lowest BCUT2D eigenvalue weighted by Crippen LogP contribution is -2.51. The molecule has 0 aliphatic carbocycles. The number of nitrogens with one attached hydrogen (secondary N) is 4. The molecular weight excluding hydrogens is 765 g/mol. The summed E-state index contributed by atoms with van der Waals surface area (Å²) in [7, 11) is -0.776. The van der Waals surface area contributed by atoms with Crippen LogP contribution in [0.4, 0.5) is 17.1 Å². The highest BCUT2D eigenvalue weighted by Gasteiger charge is 2.66. The van der Waals surface area contributed by atoms with Gasteiger partial charge in [0.15, 0.2) is 5.60 Å². The Kier molecular flexibility index (Phi) is 11.7. The zero-order chi connectivity index (χ0) is 41.3. The molecule has 0 saturated carbocycles. The van der Waals surface area contributed by atoms with Crippen molar-refractivity contribution < 1.29 is 29.0 Å². The maximum Gasteiger partial charge on any atom is 0.264 e. The van der Waals surface area contributed by atoms with Crippen molar-refractivity contribution in [1.29, 1.82) is 0 Å². The second kappa shape index (κ2) is 17.0. The van der Waals surface area contributed by atoms with Crippen LogP contribution in [0.5, 0.6) is 5.75 Å². The summed E-state index contributed by atoms with van der Waals surface area (Å²) in [5.41, 5.74) is 2.97. The smallest absolute Gasteiger partial charge is 0.264 e. The van der Waals surface area contributed by atoms with Crippen LogP contribution in [-0.4, -0.2) is 90.9 Å². The monoisotopic (exact) mass is 820 g/mol. The van der Waals surface area contributed by atoms with Crippen LogP contribution in [0.1, 0.15) is 55.8 Å². The molecule has 0 unspecified atom stereocenters. The number of rotatable bonds is 14. The van der Waals surface area contributed by atoms with Crippen molar-refractivity contribution in [3.8, 4) is 5.75 Å². The van der Waals surface area contributed by atoms with Crippen LogP contribution in [0, 0.1) is 5.92 Å². The maximum atomic E-state index is 15.5. The summed E-state index contributed by atoms with van der Waals surface area (Å²) in [6, 6.07) is 21.2. The minimum atomic E-state index is -2.44. The molecule has 3 aromatic carbocycles. The van der Waals surface area contributed by atoms with Gasteiger partial charge in [-0.15, -0.1) is 5.10 Å². The van der Waals surface area contributed by atoms with Gasteiger partial charge in [-0.2, -0.15) is 0 Å². The molecule has 3 saturated heterocycles. The zero-order valence-corrected chi connectivity index (χ0v) is 35.4. The molecule has 0 bridgehead atoms. The first-order valence-corrected chi connectivity index (χ1v) is 24.1. The highest BCUT2D eigenvalue weighted by Crippen LogP contribution is 2.60. The quantitative estimate of drug-likeness (QED) is 0.117. The molecule has 1 spiro atoms. The van der Waals surface area contributed by atoms with E-state index < -0.39 is 13.7 Å². The van der Waals surface area contributed by atoms with Crippen LogP contribution >= 0.6 is 0 Å². The molecule has 3 amide bonds. The normalized spacial score (nSPS) is 25.1. The second-order valence-corrected chi connectivity index (χ2v) is 21.7. The summed E-state index contributed by atoms with van der Waals surface area (Å²) in [6.07, 6.45) is 6.00. The van der Waals surface area contributed by atoms with Gasteiger partial charge in [-0.3, -0.25) is 19.1 Å². The van der Waals surface area contributed by atoms with Gasteiger partial charge >= 0.3 is 0 Å². The van der Waals surface area contributed by atoms with Crippen molar-refractivity contribution in [3.63, 3.8) is 0 Å². The van der Waals surface area contributed by atoms with Gasteiger partial charge in [0.1, 0.15) is 5.75 Å². The number of aryl methyl sites for hydroxylation is 1. The summed E-state index contributed by atoms with van der Waals surface area (Å²) in [4.78, 5) is 43.8. The zero-order valence-electron chi connectivity index (χ0n) is 34.4. The van der Waals surface area contributed by atoms with E-state index in [1.807, 2.05) is 65.7 Å². The van der Waals surface area contributed by atoms with Crippen molar-refractivity contribution in [2.24, 2.45) is 5.92 Å². The minimum Gasteiger partial charge on any atom is -0.497 e. The first-order chi connectivity index (χ1) is 28.5. The summed E-state index contributed by atoms with van der Waals surface area (Å²) in [5.74, 6) is 0.211. The Labute approximate surface area is 346 Å². The average Bonchev–Trinajstić information content (AvgIpc) is 4.09. The van der Waals surface area contributed by atoms with E-state index in [0.717, 1.165) is 61.3 Å². The van der Waals surface area contributed by atoms with Crippen molar-refractivity contribution in [2.75, 3.05) is 42.3 Å². The van der Waals surface area contributed by atoms with Crippen molar-refractivity contribution in [3.05, 3.63) is 89.7 Å². The summed E-state index contributed by atoms with van der Waals surface area (Å²) < 4.78 is 14.7. The molecule has 14 nitrogen and oxygen atoms in total. The van der Waals surface area contributed by atoms with Crippen LogP contribution in [0.25, 0.3) is 0 Å². The lowest BCUT2D eigenvalue weighted by Gasteiger charge is -2.37. The SMILES string of the molecule is COc1ccc([Si](C)(C)[C@H]2[C@H](CCn3cc(CCO)nn3)O[C@@]3(C(=O)N(Cc4cccc(NC(=O)[C@H]5CCCN5)c4)c4ccc(NC(=O)[C@H]5CCCN5)cc43)[C@@H]2C)cc1. The molecule has 5 heterocycles. The van der Waals surface area contributed by atoms with Gasteiger partial charge in [0, 0.05) is 48.6 Å². The third kappa shape index (κ3) is 7.93. The Morgan fingerprint density at radius 2 is 1.68 bits per heavy atom. The molecule has 3 fully saturated rings. The van der Waals surface area contributed by atoms with Crippen LogP contribution in [0.3, 0.4) is 0 Å². The third-order valence-corrected chi connectivity index (χ3v) is 17.3. The number of aromatic nitrogens is 3. The molecule has 1 aromatic heterocycles. The Hall–Kier alpha value is -4.93. The molecule has 8 rings (SSSR count). The topological polar surface area (TPSA) is 172 Å². The molecule has 4 aromatic rings. The number of aliphatic hydroxyl groups is 1. The van der Waals surface area contributed by atoms with Gasteiger partial charge < -0.3 is 40.7 Å². The van der Waals surface area contributed by atoms with Crippen LogP contribution in [-0.2, 0) is 44.2 Å². The Balaban J connectivity index is 1.17. The largest absolute Gasteiger partial charge is 0.497 e. The fourth-order valence-electron chi connectivity index (χ4n) is 9.96. The summed E-state index contributed by atoms with van der Waals surface area (Å²) >= 11 is 0. The summed E-state index contributed by atoms with van der Waals surface area (Å²) in [6.45, 7) is 9.25. The molecule has 0 radical (unpaired) electrons. The molecule has 5 N–H and O–H groups in total. The fourth-order valence-corrected chi connectivity index (χ4v) is 14.0. The standard InChI is InChI=1S/C44H56N8O6Si/c1-28-40(59(3,4)34-15-13-33(57-2)14-16-34)39(18-22-51-27-32(19-23-53)49-50-51)58-44(28)35-25-31(48-42(55)37-11-7-21-46-37)12-17-38(35)52(43(44)56)26-29-8-5-9-30(24-29)47-41(54)36-10-6-20-45-36/h5,8-9,12-17,24-25,27-28,36-37,39-40,45-46,53H,6-7,10-11,18-23,26H2,1-4H3,(H,47,54)(H,48,55)/t28-,36-,37-,39+,40-,44+/m1/s1. The van der Waals surface area contributed by atoms with E-state index in [9.17, 15) is 14.7 Å². The number of carbonyl (C=O) groups excluding carboxylic acids is 3. The number of hydrogen-bond acceptors (Lipinski definition) is 10. The molecule has 4 aliphatic heterocycles. The van der Waals surface area contributed by atoms with Crippen molar-refractivity contribution in [1.82, 2.24) is 25.6 Å². The number of nitrogens with zero attached hydrogens (tertiary/aromatic N) is 4. The third-order valence-electron chi connectivity index (χ3n) is 13.0. The van der Waals surface area contributed by atoms with Crippen molar-refractivity contribution in [2.45, 2.75) is 101 Å². The van der Waals surface area contributed by atoms with Crippen molar-refractivity contribution >= 4 is 48.0 Å². The average molecular weight is 821 g/mol. The van der Waals surface area contributed by atoms with E-state index in [0.29, 0.717) is 36.5 Å². The van der Waals surface area contributed by atoms with Gasteiger partial charge in [-0.05, 0) is 98.8 Å². The van der Waals surface area contributed by atoms with Gasteiger partial charge in [0.25, 0.3) is 5.91 Å². The lowest BCUT2D eigenvalue weighted by molar-refractivity contribution is -0.146. The highest BCUT2D eigenvalue weighted by atomic mass is 28.3. The van der Waals surface area contributed by atoms with Gasteiger partial charge in [-0.25, -0.2) is 0 Å². The van der Waals surface area contributed by atoms with E-state index in [4.69, 9.17) is 9.47 Å². The highest BCUT2D eigenvalue weighted by molar-refractivity contribution is 6.91. The van der Waals surface area contributed by atoms with Crippen LogP contribution in [0.15, 0.2) is 72.9 Å². The van der Waals surface area contributed by atoms with Gasteiger partial charge in [0.2, 0.25) is 11.8 Å². The predicted molar refractivity (Wildman–Crippen MR) is 228 cm³/mol. The Bertz CT molecular complexity index is 2170. The molecule has 59 heavy (non-hydrogen) atoms. The maximum absolute atomic E-state index is 15.5. The molecule has 6 atom stereocenters. The molecule has 4 aliphatic rings. The van der Waals surface area contributed by atoms with Crippen LogP contribution in [0.2, 0.25) is 18.6 Å². The number of carbonyl (C=O) groups is 3. The van der Waals surface area contributed by atoms with Gasteiger partial charge in [0.05, 0.1) is 51.3 Å². The fraction of sp³-hybridized carbons (Fsp3) is 0.477. The first-order valence-electron chi connectivity index (χ1n) is 21.0. The number of ether oxygens (including phenoxy) is 2. The second-order valence-electron chi connectivity index (χ2n) is 17.0. The Morgan fingerprint density at radius 1 is 0.983 bits per heavy atom. The molecule has 15 heteroatoms. The number of fused-ring (bicyclic) bond motifs is 2. The molecular formula is C44H56N8O6Si.